The van der Waals surface area contributed by atoms with Gasteiger partial charge in [-0.1, -0.05) is 32.3 Å². The van der Waals surface area contributed by atoms with E-state index in [4.69, 9.17) is 14.2 Å². The Kier molecular flexibility index (Phi) is 10.6. The lowest BCUT2D eigenvalue weighted by Gasteiger charge is -2.41. The highest BCUT2D eigenvalue weighted by atomic mass is 19.3. The number of benzene rings is 2. The van der Waals surface area contributed by atoms with Gasteiger partial charge >= 0.3 is 6.11 Å². The van der Waals surface area contributed by atoms with E-state index in [1.54, 1.807) is 0 Å². The fraction of sp³-hybridized carbons (Fsp3) is 0.647. The van der Waals surface area contributed by atoms with E-state index in [9.17, 15) is 17.6 Å². The molecule has 5 rings (SSSR count). The molecule has 0 spiro atoms. The molecule has 0 bridgehead atoms. The highest BCUT2D eigenvalue weighted by Crippen LogP contribution is 2.46. The molecule has 0 amide bonds. The quantitative estimate of drug-likeness (QED) is 0.197. The van der Waals surface area contributed by atoms with Gasteiger partial charge in [0.25, 0.3) is 0 Å². The molecule has 43 heavy (non-hydrogen) atoms. The van der Waals surface area contributed by atoms with Crippen LogP contribution < -0.4 is 4.74 Å². The zero-order chi connectivity index (χ0) is 30.6. The van der Waals surface area contributed by atoms with Crippen LogP contribution in [0.4, 0.5) is 26.3 Å². The smallest absolute Gasteiger partial charge is 0.400 e. The van der Waals surface area contributed by atoms with E-state index in [0.29, 0.717) is 54.7 Å². The second-order valence-electron chi connectivity index (χ2n) is 12.7. The number of ether oxygens (including phenoxy) is 3. The molecule has 1 heterocycles. The van der Waals surface area contributed by atoms with Gasteiger partial charge < -0.3 is 14.2 Å². The molecule has 2 aromatic rings. The second-order valence-corrected chi connectivity index (χ2v) is 12.7. The molecule has 0 atom stereocenters. The number of hydrogen-bond acceptors (Lipinski definition) is 3. The standard InChI is InChI=1S/C34H42F6O3/c1-2-3-4-5-21-19-41-33(42-20-21)24-8-6-22(7-9-24)23-10-13-26(14-11-23)34(39,40)43-27-17-30(37)32(31(38)18-27)25-12-15-28(35)29(36)16-25/h12,15-18,21-24,26,33H,2-11,13-14,19-20H2,1H3. The van der Waals surface area contributed by atoms with Crippen LogP contribution in [0.15, 0.2) is 30.3 Å². The van der Waals surface area contributed by atoms with Gasteiger partial charge in [-0.3, -0.25) is 0 Å². The normalized spacial score (nSPS) is 28.5. The molecule has 238 valence electrons. The first-order valence-electron chi connectivity index (χ1n) is 15.9. The Morgan fingerprint density at radius 3 is 1.88 bits per heavy atom. The van der Waals surface area contributed by atoms with Gasteiger partial charge in [0.05, 0.1) is 24.7 Å². The van der Waals surface area contributed by atoms with Gasteiger partial charge in [-0.15, -0.1) is 0 Å². The number of hydrogen-bond donors (Lipinski definition) is 0. The van der Waals surface area contributed by atoms with Crippen molar-refractivity contribution < 1.29 is 40.6 Å². The molecule has 3 fully saturated rings. The summed E-state index contributed by atoms with van der Waals surface area (Å²) in [6.07, 6.45) is 7.07. The SMILES string of the molecule is CCCCCC1COC(C2CCC(C3CCC(C(F)(F)Oc4cc(F)c(-c5ccc(F)c(F)c5)c(F)c4)CC3)CC2)OC1. The zero-order valence-electron chi connectivity index (χ0n) is 24.7. The Hall–Kier alpha value is -2.26. The Morgan fingerprint density at radius 2 is 1.30 bits per heavy atom. The molecule has 1 aliphatic heterocycles. The highest BCUT2D eigenvalue weighted by molar-refractivity contribution is 5.66. The van der Waals surface area contributed by atoms with Gasteiger partial charge in [0, 0.05) is 24.0 Å². The van der Waals surface area contributed by atoms with E-state index in [1.807, 2.05) is 0 Å². The lowest BCUT2D eigenvalue weighted by atomic mass is 9.69. The number of rotatable bonds is 10. The lowest BCUT2D eigenvalue weighted by molar-refractivity contribution is -0.232. The molecule has 2 aromatic carbocycles. The molecule has 0 aromatic heterocycles. The molecule has 2 aliphatic carbocycles. The van der Waals surface area contributed by atoms with E-state index in [2.05, 4.69) is 6.92 Å². The van der Waals surface area contributed by atoms with Crippen molar-refractivity contribution in [3.63, 3.8) is 0 Å². The predicted octanol–water partition coefficient (Wildman–Crippen LogP) is 10.1. The van der Waals surface area contributed by atoms with Gasteiger partial charge in [-0.05, 0) is 87.3 Å². The van der Waals surface area contributed by atoms with Crippen LogP contribution in [0.5, 0.6) is 5.75 Å². The maximum Gasteiger partial charge on any atom is 0.400 e. The molecular formula is C34H42F6O3. The van der Waals surface area contributed by atoms with Crippen molar-refractivity contribution in [1.82, 2.24) is 0 Å². The predicted molar refractivity (Wildman–Crippen MR) is 152 cm³/mol. The van der Waals surface area contributed by atoms with Gasteiger partial charge in [-0.2, -0.15) is 8.78 Å². The Bertz CT molecular complexity index is 1180. The van der Waals surface area contributed by atoms with Crippen LogP contribution in [-0.4, -0.2) is 25.6 Å². The van der Waals surface area contributed by atoms with E-state index >= 15 is 8.78 Å². The summed E-state index contributed by atoms with van der Waals surface area (Å²) in [6, 6.07) is 3.72. The third-order valence-electron chi connectivity index (χ3n) is 9.80. The van der Waals surface area contributed by atoms with Gasteiger partial charge in [-0.25, -0.2) is 17.6 Å². The van der Waals surface area contributed by atoms with Crippen LogP contribution >= 0.6 is 0 Å². The summed E-state index contributed by atoms with van der Waals surface area (Å²) in [5.41, 5.74) is -0.886. The number of halogens is 6. The molecule has 0 unspecified atom stereocenters. The summed E-state index contributed by atoms with van der Waals surface area (Å²) in [7, 11) is 0. The molecular weight excluding hydrogens is 570 g/mol. The van der Waals surface area contributed by atoms with E-state index in [-0.39, 0.29) is 24.7 Å². The summed E-state index contributed by atoms with van der Waals surface area (Å²) >= 11 is 0. The van der Waals surface area contributed by atoms with Gasteiger partial charge in [0.15, 0.2) is 17.9 Å². The van der Waals surface area contributed by atoms with E-state index < -0.39 is 46.6 Å². The van der Waals surface area contributed by atoms with Crippen LogP contribution in [0.25, 0.3) is 11.1 Å². The van der Waals surface area contributed by atoms with Crippen LogP contribution in [0.3, 0.4) is 0 Å². The minimum Gasteiger partial charge on any atom is -0.432 e. The van der Waals surface area contributed by atoms with E-state index in [0.717, 1.165) is 57.5 Å². The first-order chi connectivity index (χ1) is 20.6. The van der Waals surface area contributed by atoms with Gasteiger partial charge in [0.1, 0.15) is 17.4 Å². The first-order valence-corrected chi connectivity index (χ1v) is 15.9. The fourth-order valence-corrected chi connectivity index (χ4v) is 7.27. The fourth-order valence-electron chi connectivity index (χ4n) is 7.27. The maximum absolute atomic E-state index is 15.1. The largest absolute Gasteiger partial charge is 0.432 e. The third kappa shape index (κ3) is 7.88. The molecule has 0 radical (unpaired) electrons. The van der Waals surface area contributed by atoms with Crippen molar-refractivity contribution in [2.75, 3.05) is 13.2 Å². The van der Waals surface area contributed by atoms with Crippen molar-refractivity contribution in [1.29, 1.82) is 0 Å². The topological polar surface area (TPSA) is 27.7 Å². The van der Waals surface area contributed by atoms with Crippen LogP contribution in [-0.2, 0) is 9.47 Å². The summed E-state index contributed by atoms with van der Waals surface area (Å²) in [5, 5.41) is 0. The van der Waals surface area contributed by atoms with Gasteiger partial charge in [0.2, 0.25) is 0 Å². The molecule has 3 aliphatic rings. The Morgan fingerprint density at radius 1 is 0.721 bits per heavy atom. The maximum atomic E-state index is 15.1. The lowest BCUT2D eigenvalue weighted by Crippen LogP contribution is -2.40. The van der Waals surface area contributed by atoms with Crippen LogP contribution in [0.1, 0.15) is 84.0 Å². The van der Waals surface area contributed by atoms with Crippen molar-refractivity contribution in [3.05, 3.63) is 53.6 Å². The summed E-state index contributed by atoms with van der Waals surface area (Å²) < 4.78 is 104. The summed E-state index contributed by atoms with van der Waals surface area (Å²) in [4.78, 5) is 0. The Balaban J connectivity index is 1.08. The third-order valence-corrected chi connectivity index (χ3v) is 9.80. The molecule has 3 nitrogen and oxygen atoms in total. The summed E-state index contributed by atoms with van der Waals surface area (Å²) in [5.74, 6) is -4.82. The van der Waals surface area contributed by atoms with Crippen LogP contribution in [0, 0.1) is 52.9 Å². The second kappa shape index (κ2) is 14.2. The highest BCUT2D eigenvalue weighted by Gasteiger charge is 2.45. The van der Waals surface area contributed by atoms with Crippen molar-refractivity contribution in [2.24, 2.45) is 29.6 Å². The van der Waals surface area contributed by atoms with Crippen molar-refractivity contribution >= 4 is 0 Å². The zero-order valence-corrected chi connectivity index (χ0v) is 24.7. The number of alkyl halides is 2. The minimum absolute atomic E-state index is 0.129. The molecule has 1 saturated heterocycles. The molecule has 2 saturated carbocycles. The molecule has 9 heteroatoms. The summed E-state index contributed by atoms with van der Waals surface area (Å²) in [6.45, 7) is 3.74. The van der Waals surface area contributed by atoms with Crippen molar-refractivity contribution in [2.45, 2.75) is 96.4 Å². The van der Waals surface area contributed by atoms with Crippen LogP contribution in [0.2, 0.25) is 0 Å². The first kappa shape index (κ1) is 32.1. The van der Waals surface area contributed by atoms with E-state index in [1.165, 1.54) is 19.3 Å². The molecule has 0 N–H and O–H groups in total. The van der Waals surface area contributed by atoms with Crippen molar-refractivity contribution in [3.8, 4) is 16.9 Å². The average Bonchev–Trinajstić information content (AvgIpc) is 2.99. The number of unbranched alkanes of at least 4 members (excludes halogenated alkanes) is 2. The average molecular weight is 613 g/mol. The monoisotopic (exact) mass is 612 g/mol. The minimum atomic E-state index is -3.60. The Labute approximate surface area is 250 Å².